The zero-order valence-corrected chi connectivity index (χ0v) is 20.1. The van der Waals surface area contributed by atoms with Gasteiger partial charge in [-0.2, -0.15) is 31.4 Å². The predicted molar refractivity (Wildman–Crippen MR) is 117 cm³/mol. The summed E-state index contributed by atoms with van der Waals surface area (Å²) in [5.74, 6) is -4.04. The monoisotopic (exact) mass is 556 g/mol. The molecule has 2 aliphatic rings. The van der Waals surface area contributed by atoms with Gasteiger partial charge in [-0.25, -0.2) is 14.6 Å². The van der Waals surface area contributed by atoms with E-state index in [4.69, 9.17) is 29.3 Å². The van der Waals surface area contributed by atoms with Crippen LogP contribution >= 0.6 is 0 Å². The van der Waals surface area contributed by atoms with Crippen molar-refractivity contribution in [1.29, 1.82) is 0 Å². The third kappa shape index (κ3) is 10.5. The Kier molecular flexibility index (Phi) is 10.9. The molecule has 16 heteroatoms. The standard InChI is InChI=1S/C18H24N4O2.2C2HF3O2/c1-23-18-15(3-2-7-19-18)9-21-10-16-6-8-20-22(16)12-17(11-21)24-13-14-4-5-14;2*3-2(4,5)1(6)7/h2-3,6-8,14,17H,4-5,9-13H2,1H3;2*(H,6,7). The van der Waals surface area contributed by atoms with Gasteiger partial charge in [0.1, 0.15) is 0 Å². The van der Waals surface area contributed by atoms with Gasteiger partial charge in [0.2, 0.25) is 5.88 Å². The number of carboxylic acids is 2. The lowest BCUT2D eigenvalue weighted by atomic mass is 10.2. The van der Waals surface area contributed by atoms with E-state index in [1.165, 1.54) is 18.5 Å². The quantitative estimate of drug-likeness (QED) is 0.515. The highest BCUT2D eigenvalue weighted by Crippen LogP contribution is 2.30. The molecule has 1 unspecified atom stereocenters. The summed E-state index contributed by atoms with van der Waals surface area (Å²) in [6, 6.07) is 6.13. The second-order valence-corrected chi connectivity index (χ2v) is 8.35. The van der Waals surface area contributed by atoms with Crippen molar-refractivity contribution in [2.24, 2.45) is 5.92 Å². The lowest BCUT2D eigenvalue weighted by Gasteiger charge is -2.24. The normalized spacial score (nSPS) is 17.6. The van der Waals surface area contributed by atoms with Crippen LogP contribution in [0, 0.1) is 5.92 Å². The summed E-state index contributed by atoms with van der Waals surface area (Å²) in [7, 11) is 1.67. The highest BCUT2D eigenvalue weighted by atomic mass is 19.4. The number of methoxy groups -OCH3 is 1. The molecule has 1 aliphatic carbocycles. The molecule has 1 saturated carbocycles. The molecule has 0 amide bonds. The van der Waals surface area contributed by atoms with Crippen LogP contribution in [0.25, 0.3) is 0 Å². The second kappa shape index (κ2) is 13.4. The molecule has 4 rings (SSSR count). The van der Waals surface area contributed by atoms with E-state index in [1.807, 2.05) is 12.3 Å². The Bertz CT molecular complexity index is 1030. The summed E-state index contributed by atoms with van der Waals surface area (Å²) in [5.41, 5.74) is 2.34. The van der Waals surface area contributed by atoms with Gasteiger partial charge >= 0.3 is 24.3 Å². The summed E-state index contributed by atoms with van der Waals surface area (Å²) in [5, 5.41) is 18.7. The summed E-state index contributed by atoms with van der Waals surface area (Å²) < 4.78 is 77.1. The number of ether oxygens (including phenoxy) is 2. The molecular formula is C22H26F6N4O6. The Balaban J connectivity index is 0.000000301. The van der Waals surface area contributed by atoms with Gasteiger partial charge in [-0.1, -0.05) is 6.07 Å². The maximum Gasteiger partial charge on any atom is 0.490 e. The van der Waals surface area contributed by atoms with Crippen molar-refractivity contribution >= 4 is 11.9 Å². The molecule has 2 aromatic heterocycles. The molecule has 0 radical (unpaired) electrons. The van der Waals surface area contributed by atoms with Gasteiger partial charge in [0.25, 0.3) is 0 Å². The zero-order chi connectivity index (χ0) is 28.5. The van der Waals surface area contributed by atoms with Crippen molar-refractivity contribution in [3.05, 3.63) is 41.9 Å². The van der Waals surface area contributed by atoms with Crippen molar-refractivity contribution in [2.75, 3.05) is 20.3 Å². The number of hydrogen-bond acceptors (Lipinski definition) is 7. The van der Waals surface area contributed by atoms with Gasteiger partial charge < -0.3 is 19.7 Å². The highest BCUT2D eigenvalue weighted by molar-refractivity contribution is 5.73. The molecule has 212 valence electrons. The molecule has 0 spiro atoms. The van der Waals surface area contributed by atoms with E-state index in [0.717, 1.165) is 44.3 Å². The summed E-state index contributed by atoms with van der Waals surface area (Å²) in [4.78, 5) is 24.5. The van der Waals surface area contributed by atoms with Crippen molar-refractivity contribution < 1.29 is 55.6 Å². The van der Waals surface area contributed by atoms with Crippen LogP contribution in [0.2, 0.25) is 0 Å². The van der Waals surface area contributed by atoms with Gasteiger partial charge in [0.15, 0.2) is 0 Å². The highest BCUT2D eigenvalue weighted by Gasteiger charge is 2.39. The molecule has 3 heterocycles. The molecular weight excluding hydrogens is 530 g/mol. The molecule has 38 heavy (non-hydrogen) atoms. The van der Waals surface area contributed by atoms with Gasteiger partial charge in [-0.3, -0.25) is 9.58 Å². The van der Waals surface area contributed by atoms with Gasteiger partial charge in [0, 0.05) is 44.2 Å². The molecule has 0 saturated heterocycles. The number of pyridine rings is 1. The largest absolute Gasteiger partial charge is 0.490 e. The van der Waals surface area contributed by atoms with Crippen LogP contribution in [-0.2, 0) is 34.0 Å². The van der Waals surface area contributed by atoms with Gasteiger partial charge in [0.05, 0.1) is 25.5 Å². The fraction of sp³-hybridized carbons (Fsp3) is 0.545. The van der Waals surface area contributed by atoms with E-state index in [-0.39, 0.29) is 6.10 Å². The molecule has 0 aromatic carbocycles. The minimum absolute atomic E-state index is 0.175. The number of aliphatic carboxylic acids is 2. The van der Waals surface area contributed by atoms with Crippen LogP contribution in [0.15, 0.2) is 30.6 Å². The fourth-order valence-corrected chi connectivity index (χ4v) is 3.24. The van der Waals surface area contributed by atoms with Crippen LogP contribution in [0.3, 0.4) is 0 Å². The molecule has 10 nitrogen and oxygen atoms in total. The SMILES string of the molecule is COc1ncccc1CN1Cc2ccnn2CC(OCC2CC2)C1.O=C(O)C(F)(F)F.O=C(O)C(F)(F)F. The third-order valence-corrected chi connectivity index (χ3v) is 5.22. The number of nitrogens with zero attached hydrogens (tertiary/aromatic N) is 4. The first-order chi connectivity index (χ1) is 17.7. The van der Waals surface area contributed by atoms with E-state index in [9.17, 15) is 26.3 Å². The number of alkyl halides is 6. The molecule has 1 fully saturated rings. The molecule has 2 N–H and O–H groups in total. The van der Waals surface area contributed by atoms with E-state index < -0.39 is 24.3 Å². The Labute approximate surface area is 212 Å². The van der Waals surface area contributed by atoms with Crippen LogP contribution in [-0.4, -0.2) is 80.5 Å². The molecule has 2 aromatic rings. The van der Waals surface area contributed by atoms with Crippen LogP contribution in [0.4, 0.5) is 26.3 Å². The maximum atomic E-state index is 10.6. The number of fused-ring (bicyclic) bond motifs is 1. The van der Waals surface area contributed by atoms with Gasteiger partial charge in [-0.05, 0) is 30.9 Å². The fourth-order valence-electron chi connectivity index (χ4n) is 3.24. The van der Waals surface area contributed by atoms with Crippen LogP contribution in [0.5, 0.6) is 5.88 Å². The number of carboxylic acid groups (broad SMARTS) is 2. The summed E-state index contributed by atoms with van der Waals surface area (Å²) >= 11 is 0. The van der Waals surface area contributed by atoms with E-state index in [0.29, 0.717) is 5.88 Å². The average molecular weight is 556 g/mol. The number of carbonyl (C=O) groups is 2. The van der Waals surface area contributed by atoms with E-state index in [2.05, 4.69) is 31.8 Å². The number of hydrogen-bond donors (Lipinski definition) is 2. The van der Waals surface area contributed by atoms with Crippen LogP contribution in [0.1, 0.15) is 24.1 Å². The first kappa shape index (κ1) is 30.8. The smallest absolute Gasteiger partial charge is 0.481 e. The van der Waals surface area contributed by atoms with E-state index in [1.54, 1.807) is 13.3 Å². The molecule has 1 atom stereocenters. The predicted octanol–water partition coefficient (Wildman–Crippen LogP) is 3.36. The van der Waals surface area contributed by atoms with Crippen molar-refractivity contribution in [2.45, 2.75) is 50.9 Å². The zero-order valence-electron chi connectivity index (χ0n) is 20.1. The van der Waals surface area contributed by atoms with Crippen molar-refractivity contribution in [1.82, 2.24) is 19.7 Å². The van der Waals surface area contributed by atoms with Crippen LogP contribution < -0.4 is 4.74 Å². The van der Waals surface area contributed by atoms with Crippen molar-refractivity contribution in [3.63, 3.8) is 0 Å². The number of rotatable bonds is 6. The average Bonchev–Trinajstić information content (AvgIpc) is 3.59. The second-order valence-electron chi connectivity index (χ2n) is 8.35. The third-order valence-electron chi connectivity index (χ3n) is 5.22. The van der Waals surface area contributed by atoms with Gasteiger partial charge in [-0.15, -0.1) is 0 Å². The summed E-state index contributed by atoms with van der Waals surface area (Å²) in [6.07, 6.45) is -3.72. The Morgan fingerprint density at radius 1 is 1.03 bits per heavy atom. The number of aromatic nitrogens is 3. The van der Waals surface area contributed by atoms with Crippen molar-refractivity contribution in [3.8, 4) is 5.88 Å². The van der Waals surface area contributed by atoms with E-state index >= 15 is 0 Å². The maximum absolute atomic E-state index is 10.6. The first-order valence-electron chi connectivity index (χ1n) is 11.1. The summed E-state index contributed by atoms with van der Waals surface area (Å²) in [6.45, 7) is 4.27. The molecule has 0 bridgehead atoms. The lowest BCUT2D eigenvalue weighted by molar-refractivity contribution is -0.193. The number of halogens is 6. The Hall–Kier alpha value is -3.40. The minimum atomic E-state index is -5.08. The Morgan fingerprint density at radius 3 is 2.16 bits per heavy atom. The topological polar surface area (TPSA) is 127 Å². The lowest BCUT2D eigenvalue weighted by Crippen LogP contribution is -2.33. The Morgan fingerprint density at radius 2 is 1.63 bits per heavy atom. The molecule has 1 aliphatic heterocycles. The minimum Gasteiger partial charge on any atom is -0.481 e. The first-order valence-corrected chi connectivity index (χ1v) is 11.1.